The van der Waals surface area contributed by atoms with Gasteiger partial charge in [-0.25, -0.2) is 0 Å². The second-order valence-corrected chi connectivity index (χ2v) is 7.02. The SMILES string of the molecule is CC(C)CC1NC(=O)C(C(=O)Nc2ccc(N3CCOCC3)cc2)=C1O. The summed E-state index contributed by atoms with van der Waals surface area (Å²) in [6.45, 7) is 7.08. The first-order chi connectivity index (χ1) is 12.5. The van der Waals surface area contributed by atoms with Crippen LogP contribution in [0.25, 0.3) is 0 Å². The lowest BCUT2D eigenvalue weighted by molar-refractivity contribution is -0.120. The van der Waals surface area contributed by atoms with E-state index < -0.39 is 17.9 Å². The molecule has 2 amide bonds. The lowest BCUT2D eigenvalue weighted by Crippen LogP contribution is -2.36. The Morgan fingerprint density at radius 3 is 2.58 bits per heavy atom. The van der Waals surface area contributed by atoms with Crippen LogP contribution in [-0.4, -0.2) is 49.3 Å². The molecule has 0 aliphatic carbocycles. The van der Waals surface area contributed by atoms with Crippen molar-refractivity contribution in [1.82, 2.24) is 5.32 Å². The van der Waals surface area contributed by atoms with Gasteiger partial charge in [-0.2, -0.15) is 0 Å². The van der Waals surface area contributed by atoms with Gasteiger partial charge in [-0.15, -0.1) is 0 Å². The smallest absolute Gasteiger partial charge is 0.264 e. The van der Waals surface area contributed by atoms with Gasteiger partial charge in [0.2, 0.25) is 0 Å². The second kappa shape index (κ2) is 7.78. The van der Waals surface area contributed by atoms with Crippen LogP contribution in [0, 0.1) is 5.92 Å². The van der Waals surface area contributed by atoms with E-state index in [2.05, 4.69) is 15.5 Å². The molecule has 2 aliphatic heterocycles. The average Bonchev–Trinajstić information content (AvgIpc) is 2.89. The summed E-state index contributed by atoms with van der Waals surface area (Å²) in [5, 5.41) is 15.6. The number of hydrogen-bond donors (Lipinski definition) is 3. The number of amides is 2. The van der Waals surface area contributed by atoms with Gasteiger partial charge in [0.25, 0.3) is 11.8 Å². The Hall–Kier alpha value is -2.54. The van der Waals surface area contributed by atoms with Crippen molar-refractivity contribution in [3.63, 3.8) is 0 Å². The van der Waals surface area contributed by atoms with Crippen LogP contribution in [0.2, 0.25) is 0 Å². The quantitative estimate of drug-likeness (QED) is 0.698. The number of benzene rings is 1. The zero-order valence-electron chi connectivity index (χ0n) is 15.1. The maximum Gasteiger partial charge on any atom is 0.264 e. The first kappa shape index (κ1) is 18.3. The minimum Gasteiger partial charge on any atom is -0.509 e. The molecule has 140 valence electrons. The third kappa shape index (κ3) is 3.99. The van der Waals surface area contributed by atoms with Crippen LogP contribution < -0.4 is 15.5 Å². The van der Waals surface area contributed by atoms with Gasteiger partial charge in [0.1, 0.15) is 11.3 Å². The number of aliphatic hydroxyl groups is 1. The maximum atomic E-state index is 12.4. The van der Waals surface area contributed by atoms with Crippen molar-refractivity contribution in [2.45, 2.75) is 26.3 Å². The van der Waals surface area contributed by atoms with E-state index in [1.807, 2.05) is 26.0 Å². The number of rotatable bonds is 5. The molecule has 0 aromatic heterocycles. The van der Waals surface area contributed by atoms with E-state index >= 15 is 0 Å². The van der Waals surface area contributed by atoms with E-state index in [1.54, 1.807) is 12.1 Å². The van der Waals surface area contributed by atoms with E-state index in [9.17, 15) is 14.7 Å². The molecule has 7 heteroatoms. The van der Waals surface area contributed by atoms with Crippen molar-refractivity contribution in [3.05, 3.63) is 35.6 Å². The van der Waals surface area contributed by atoms with Gasteiger partial charge in [-0.3, -0.25) is 9.59 Å². The van der Waals surface area contributed by atoms with E-state index in [0.717, 1.165) is 18.8 Å². The number of aliphatic hydroxyl groups excluding tert-OH is 1. The predicted octanol–water partition coefficient (Wildman–Crippen LogP) is 1.82. The highest BCUT2D eigenvalue weighted by Gasteiger charge is 2.36. The number of carbonyl (C=O) groups is 2. The number of anilines is 2. The molecule has 1 saturated heterocycles. The molecule has 1 fully saturated rings. The van der Waals surface area contributed by atoms with Gasteiger partial charge in [0.15, 0.2) is 0 Å². The summed E-state index contributed by atoms with van der Waals surface area (Å²) < 4.78 is 5.34. The Morgan fingerprint density at radius 1 is 1.31 bits per heavy atom. The lowest BCUT2D eigenvalue weighted by Gasteiger charge is -2.28. The maximum absolute atomic E-state index is 12.4. The molecule has 0 saturated carbocycles. The number of carbonyl (C=O) groups excluding carboxylic acids is 2. The summed E-state index contributed by atoms with van der Waals surface area (Å²) in [6.07, 6.45) is 0.586. The molecular formula is C19H25N3O4. The Bertz CT molecular complexity index is 706. The van der Waals surface area contributed by atoms with Crippen molar-refractivity contribution in [2.75, 3.05) is 36.5 Å². The van der Waals surface area contributed by atoms with E-state index in [-0.39, 0.29) is 17.3 Å². The Kier molecular flexibility index (Phi) is 5.46. The second-order valence-electron chi connectivity index (χ2n) is 7.02. The van der Waals surface area contributed by atoms with Gasteiger partial charge >= 0.3 is 0 Å². The minimum atomic E-state index is -0.592. The highest BCUT2D eigenvalue weighted by atomic mass is 16.5. The van der Waals surface area contributed by atoms with Gasteiger partial charge < -0.3 is 25.4 Å². The third-order valence-corrected chi connectivity index (χ3v) is 4.55. The highest BCUT2D eigenvalue weighted by Crippen LogP contribution is 2.23. The Balaban J connectivity index is 1.67. The van der Waals surface area contributed by atoms with Gasteiger partial charge in [-0.05, 0) is 36.6 Å². The molecule has 3 rings (SSSR count). The van der Waals surface area contributed by atoms with Gasteiger partial charge in [0.05, 0.1) is 19.3 Å². The van der Waals surface area contributed by atoms with E-state index in [4.69, 9.17) is 4.74 Å². The number of morpholine rings is 1. The van der Waals surface area contributed by atoms with Crippen LogP contribution in [0.1, 0.15) is 20.3 Å². The average molecular weight is 359 g/mol. The van der Waals surface area contributed by atoms with Crippen LogP contribution in [0.4, 0.5) is 11.4 Å². The standard InChI is InChI=1S/C19H25N3O4/c1-12(2)11-15-17(23)16(19(25)21-15)18(24)20-13-3-5-14(6-4-13)22-7-9-26-10-8-22/h3-6,12,15,23H,7-11H2,1-2H3,(H,20,24)(H,21,25). The third-order valence-electron chi connectivity index (χ3n) is 4.55. The molecule has 7 nitrogen and oxygen atoms in total. The van der Waals surface area contributed by atoms with Crippen molar-refractivity contribution in [1.29, 1.82) is 0 Å². The fourth-order valence-corrected chi connectivity index (χ4v) is 3.22. The summed E-state index contributed by atoms with van der Waals surface area (Å²) >= 11 is 0. The number of ether oxygens (including phenoxy) is 1. The zero-order chi connectivity index (χ0) is 18.7. The van der Waals surface area contributed by atoms with Crippen molar-refractivity contribution in [2.24, 2.45) is 5.92 Å². The molecule has 0 spiro atoms. The number of nitrogens with one attached hydrogen (secondary N) is 2. The Morgan fingerprint density at radius 2 is 1.96 bits per heavy atom. The van der Waals surface area contributed by atoms with Crippen LogP contribution in [0.5, 0.6) is 0 Å². The first-order valence-electron chi connectivity index (χ1n) is 8.94. The molecule has 0 bridgehead atoms. The predicted molar refractivity (Wildman–Crippen MR) is 99.1 cm³/mol. The summed E-state index contributed by atoms with van der Waals surface area (Å²) in [5.41, 5.74) is 1.43. The molecule has 1 aromatic carbocycles. The zero-order valence-corrected chi connectivity index (χ0v) is 15.1. The lowest BCUT2D eigenvalue weighted by atomic mass is 10.0. The summed E-state index contributed by atoms with van der Waals surface area (Å²) in [7, 11) is 0. The topological polar surface area (TPSA) is 90.9 Å². The molecule has 1 aromatic rings. The summed E-state index contributed by atoms with van der Waals surface area (Å²) in [5.74, 6) is -1.01. The number of hydrogen-bond acceptors (Lipinski definition) is 5. The number of nitrogens with zero attached hydrogens (tertiary/aromatic N) is 1. The van der Waals surface area contributed by atoms with Crippen LogP contribution in [-0.2, 0) is 14.3 Å². The van der Waals surface area contributed by atoms with Gasteiger partial charge in [0, 0.05) is 24.5 Å². The fourth-order valence-electron chi connectivity index (χ4n) is 3.22. The summed E-state index contributed by atoms with van der Waals surface area (Å²) in [4.78, 5) is 26.7. The van der Waals surface area contributed by atoms with Crippen molar-refractivity contribution >= 4 is 23.2 Å². The molecule has 26 heavy (non-hydrogen) atoms. The Labute approximate surface area is 153 Å². The monoisotopic (exact) mass is 359 g/mol. The molecule has 3 N–H and O–H groups in total. The van der Waals surface area contributed by atoms with E-state index in [1.165, 1.54) is 0 Å². The first-order valence-corrected chi connectivity index (χ1v) is 8.94. The summed E-state index contributed by atoms with van der Waals surface area (Å²) in [6, 6.07) is 6.93. The molecular weight excluding hydrogens is 334 g/mol. The largest absolute Gasteiger partial charge is 0.509 e. The fraction of sp³-hybridized carbons (Fsp3) is 0.474. The van der Waals surface area contributed by atoms with Crippen LogP contribution >= 0.6 is 0 Å². The van der Waals surface area contributed by atoms with Crippen molar-refractivity contribution < 1.29 is 19.4 Å². The van der Waals surface area contributed by atoms with E-state index in [0.29, 0.717) is 25.3 Å². The molecule has 1 unspecified atom stereocenters. The van der Waals surface area contributed by atoms with Crippen molar-refractivity contribution in [3.8, 4) is 0 Å². The minimum absolute atomic E-state index is 0.175. The molecule has 2 heterocycles. The molecule has 0 radical (unpaired) electrons. The molecule has 2 aliphatic rings. The van der Waals surface area contributed by atoms with Crippen LogP contribution in [0.3, 0.4) is 0 Å². The van der Waals surface area contributed by atoms with Crippen LogP contribution in [0.15, 0.2) is 35.6 Å². The van der Waals surface area contributed by atoms with Gasteiger partial charge in [-0.1, -0.05) is 13.8 Å². The highest BCUT2D eigenvalue weighted by molar-refractivity contribution is 6.24. The molecule has 1 atom stereocenters. The normalized spacial score (nSPS) is 20.5.